The van der Waals surface area contributed by atoms with E-state index in [2.05, 4.69) is 26.7 Å². The summed E-state index contributed by atoms with van der Waals surface area (Å²) in [4.78, 5) is 20.0. The zero-order valence-electron chi connectivity index (χ0n) is 14.5. The van der Waals surface area contributed by atoms with Crippen LogP contribution in [-0.4, -0.2) is 37.1 Å². The third-order valence-corrected chi connectivity index (χ3v) is 5.27. The van der Waals surface area contributed by atoms with Gasteiger partial charge in [0.05, 0.1) is 5.69 Å². The molecule has 8 heteroatoms. The maximum Gasteiger partial charge on any atom is 0.268 e. The first-order chi connectivity index (χ1) is 12.8. The molecule has 0 bridgehead atoms. The molecule has 0 spiro atoms. The molecule has 3 heterocycles. The Kier molecular flexibility index (Phi) is 4.75. The lowest BCUT2D eigenvalue weighted by atomic mass is 10.2. The highest BCUT2D eigenvalue weighted by molar-refractivity contribution is 7.08. The van der Waals surface area contributed by atoms with Gasteiger partial charge >= 0.3 is 0 Å². The number of rotatable bonds is 5. The predicted octanol–water partition coefficient (Wildman–Crippen LogP) is 3.52. The number of aromatic nitrogens is 4. The molecule has 0 radical (unpaired) electrons. The highest BCUT2D eigenvalue weighted by Crippen LogP contribution is 2.34. The smallest absolute Gasteiger partial charge is 0.268 e. The average Bonchev–Trinajstić information content (AvgIpc) is 3.42. The van der Waals surface area contributed by atoms with Crippen LogP contribution < -0.4 is 0 Å². The number of hydrogen-bond acceptors (Lipinski definition) is 7. The van der Waals surface area contributed by atoms with Crippen molar-refractivity contribution in [1.82, 2.24) is 24.6 Å². The normalized spacial score (nSPS) is 17.0. The number of carbonyl (C=O) groups excluding carboxylic acids is 1. The van der Waals surface area contributed by atoms with E-state index in [1.165, 1.54) is 0 Å². The van der Waals surface area contributed by atoms with Crippen molar-refractivity contribution in [3.63, 3.8) is 0 Å². The number of likely N-dealkylation sites (tertiary alicyclic amines) is 1. The topological polar surface area (TPSA) is 85.0 Å². The van der Waals surface area contributed by atoms with Crippen molar-refractivity contribution in [2.45, 2.75) is 38.6 Å². The van der Waals surface area contributed by atoms with Gasteiger partial charge in [0.1, 0.15) is 10.9 Å². The highest BCUT2D eigenvalue weighted by atomic mass is 32.1. The minimum absolute atomic E-state index is 0.0367. The van der Waals surface area contributed by atoms with Crippen LogP contribution in [0.25, 0.3) is 11.4 Å². The Balaban J connectivity index is 1.58. The number of hydrogen-bond donors (Lipinski definition) is 0. The number of carbonyl (C=O) groups is 1. The Morgan fingerprint density at radius 2 is 2.19 bits per heavy atom. The summed E-state index contributed by atoms with van der Waals surface area (Å²) in [6.45, 7) is 2.74. The van der Waals surface area contributed by atoms with Crippen LogP contribution in [0, 0.1) is 0 Å². The fourth-order valence-corrected chi connectivity index (χ4v) is 3.91. The van der Waals surface area contributed by atoms with Crippen LogP contribution in [0.3, 0.4) is 0 Å². The van der Waals surface area contributed by atoms with Gasteiger partial charge in [0, 0.05) is 12.1 Å². The fourth-order valence-electron chi connectivity index (χ4n) is 3.24. The van der Waals surface area contributed by atoms with E-state index < -0.39 is 0 Å². The second-order valence-electron chi connectivity index (χ2n) is 6.28. The molecule has 1 aliphatic heterocycles. The van der Waals surface area contributed by atoms with Crippen LogP contribution in [0.15, 0.2) is 34.9 Å². The van der Waals surface area contributed by atoms with Gasteiger partial charge in [-0.1, -0.05) is 53.3 Å². The third-order valence-electron chi connectivity index (χ3n) is 4.51. The maximum absolute atomic E-state index is 13.0. The number of benzene rings is 1. The Morgan fingerprint density at radius 3 is 3.00 bits per heavy atom. The van der Waals surface area contributed by atoms with Crippen LogP contribution in [0.4, 0.5) is 0 Å². The number of amides is 1. The first-order valence-corrected chi connectivity index (χ1v) is 9.56. The lowest BCUT2D eigenvalue weighted by molar-refractivity contribution is 0.0713. The molecule has 1 fully saturated rings. The van der Waals surface area contributed by atoms with E-state index in [1.54, 1.807) is 0 Å². The van der Waals surface area contributed by atoms with Gasteiger partial charge in [0.2, 0.25) is 11.7 Å². The van der Waals surface area contributed by atoms with Gasteiger partial charge < -0.3 is 9.42 Å². The van der Waals surface area contributed by atoms with Crippen molar-refractivity contribution in [3.8, 4) is 11.4 Å². The zero-order valence-corrected chi connectivity index (χ0v) is 15.3. The van der Waals surface area contributed by atoms with Gasteiger partial charge in [0.25, 0.3) is 5.91 Å². The first-order valence-electron chi connectivity index (χ1n) is 8.79. The zero-order chi connectivity index (χ0) is 17.9. The molecule has 26 heavy (non-hydrogen) atoms. The molecule has 2 aromatic heterocycles. The summed E-state index contributed by atoms with van der Waals surface area (Å²) in [5, 5.41) is 8.20. The van der Waals surface area contributed by atoms with Crippen LogP contribution in [0.2, 0.25) is 0 Å². The minimum atomic E-state index is -0.191. The van der Waals surface area contributed by atoms with Gasteiger partial charge in [-0.15, -0.1) is 5.10 Å². The molecule has 1 amide bonds. The molecule has 1 saturated heterocycles. The third kappa shape index (κ3) is 3.12. The maximum atomic E-state index is 13.0. The summed E-state index contributed by atoms with van der Waals surface area (Å²) < 4.78 is 9.46. The Bertz CT molecular complexity index is 892. The molecule has 0 unspecified atom stereocenters. The Hall–Kier alpha value is -2.61. The van der Waals surface area contributed by atoms with Crippen molar-refractivity contribution in [3.05, 3.63) is 46.8 Å². The van der Waals surface area contributed by atoms with Gasteiger partial charge in [0.15, 0.2) is 0 Å². The van der Waals surface area contributed by atoms with Crippen molar-refractivity contribution < 1.29 is 9.32 Å². The van der Waals surface area contributed by atoms with Gasteiger partial charge in [-0.25, -0.2) is 0 Å². The van der Waals surface area contributed by atoms with Crippen LogP contribution in [-0.2, 0) is 6.42 Å². The van der Waals surface area contributed by atoms with Crippen molar-refractivity contribution in [1.29, 1.82) is 0 Å². The standard InChI is InChI=1S/C18H19N5O2S/c1-2-7-13-15(26-22-20-13)18(24)23-11-6-10-14(23)17-19-16(21-25-17)12-8-4-3-5-9-12/h3-5,8-9,14H,2,6-7,10-11H2,1H3/t14-/m0/s1. The monoisotopic (exact) mass is 369 g/mol. The van der Waals surface area contributed by atoms with E-state index in [1.807, 2.05) is 35.2 Å². The van der Waals surface area contributed by atoms with Crippen LogP contribution in [0.1, 0.15) is 53.5 Å². The molecular weight excluding hydrogens is 350 g/mol. The van der Waals surface area contributed by atoms with Crippen molar-refractivity contribution >= 4 is 17.4 Å². The van der Waals surface area contributed by atoms with Gasteiger partial charge in [-0.3, -0.25) is 4.79 Å². The largest absolute Gasteiger partial charge is 0.337 e. The molecule has 0 N–H and O–H groups in total. The summed E-state index contributed by atoms with van der Waals surface area (Å²) in [6.07, 6.45) is 3.42. The molecule has 3 aromatic rings. The van der Waals surface area contributed by atoms with Crippen molar-refractivity contribution in [2.75, 3.05) is 6.54 Å². The SMILES string of the molecule is CCCc1nnsc1C(=O)N1CCC[C@H]1c1nc(-c2ccccc2)no1. The predicted molar refractivity (Wildman–Crippen MR) is 96.6 cm³/mol. The summed E-state index contributed by atoms with van der Waals surface area (Å²) in [6, 6.07) is 9.49. The molecule has 134 valence electrons. The minimum Gasteiger partial charge on any atom is -0.337 e. The van der Waals surface area contributed by atoms with Crippen molar-refractivity contribution in [2.24, 2.45) is 0 Å². The molecule has 1 atom stereocenters. The van der Waals surface area contributed by atoms with E-state index in [0.29, 0.717) is 23.1 Å². The van der Waals surface area contributed by atoms with E-state index >= 15 is 0 Å². The summed E-state index contributed by atoms with van der Waals surface area (Å²) >= 11 is 1.16. The van der Waals surface area contributed by atoms with Gasteiger partial charge in [-0.2, -0.15) is 4.98 Å². The second-order valence-corrected chi connectivity index (χ2v) is 7.03. The van der Waals surface area contributed by atoms with Crippen LogP contribution >= 0.6 is 11.5 Å². The fraction of sp³-hybridized carbons (Fsp3) is 0.389. The molecular formula is C18H19N5O2S. The molecule has 7 nitrogen and oxygen atoms in total. The molecule has 1 aromatic carbocycles. The highest BCUT2D eigenvalue weighted by Gasteiger charge is 2.36. The molecule has 0 aliphatic carbocycles. The Labute approximate surface area is 155 Å². The number of nitrogens with zero attached hydrogens (tertiary/aromatic N) is 5. The van der Waals surface area contributed by atoms with Crippen LogP contribution in [0.5, 0.6) is 0 Å². The van der Waals surface area contributed by atoms with Gasteiger partial charge in [-0.05, 0) is 30.8 Å². The second kappa shape index (κ2) is 7.33. The quantitative estimate of drug-likeness (QED) is 0.684. The Morgan fingerprint density at radius 1 is 1.35 bits per heavy atom. The molecule has 0 saturated carbocycles. The summed E-state index contributed by atoms with van der Waals surface area (Å²) in [5.41, 5.74) is 1.68. The summed E-state index contributed by atoms with van der Waals surface area (Å²) in [5.74, 6) is 1.00. The van der Waals surface area contributed by atoms with E-state index in [4.69, 9.17) is 4.52 Å². The number of aryl methyl sites for hydroxylation is 1. The molecule has 4 rings (SSSR count). The van der Waals surface area contributed by atoms with E-state index in [-0.39, 0.29) is 11.9 Å². The molecule has 1 aliphatic rings. The van der Waals surface area contributed by atoms with E-state index in [9.17, 15) is 4.79 Å². The average molecular weight is 369 g/mol. The lowest BCUT2D eigenvalue weighted by Gasteiger charge is -2.21. The van der Waals surface area contributed by atoms with E-state index in [0.717, 1.165) is 48.5 Å². The lowest BCUT2D eigenvalue weighted by Crippen LogP contribution is -2.30. The summed E-state index contributed by atoms with van der Waals surface area (Å²) in [7, 11) is 0. The first kappa shape index (κ1) is 16.8.